The molecule has 2 fully saturated rings. The Morgan fingerprint density at radius 1 is 1.17 bits per heavy atom. The molecule has 0 radical (unpaired) electrons. The van der Waals surface area contributed by atoms with E-state index in [2.05, 4.69) is 34.1 Å². The fourth-order valence-corrected chi connectivity index (χ4v) is 5.30. The van der Waals surface area contributed by atoms with Gasteiger partial charge in [0.2, 0.25) is 0 Å². The number of thiazole rings is 1. The van der Waals surface area contributed by atoms with Crippen molar-refractivity contribution in [2.75, 3.05) is 36.1 Å². The number of benzene rings is 1. The first-order chi connectivity index (χ1) is 11.8. The van der Waals surface area contributed by atoms with Gasteiger partial charge < -0.3 is 9.64 Å². The molecule has 2 aromatic rings. The van der Waals surface area contributed by atoms with Crippen LogP contribution in [0, 0.1) is 0 Å². The highest BCUT2D eigenvalue weighted by molar-refractivity contribution is 7.85. The molecule has 128 valence electrons. The summed E-state index contributed by atoms with van der Waals surface area (Å²) in [5.41, 5.74) is 2.43. The van der Waals surface area contributed by atoms with Crippen molar-refractivity contribution in [3.63, 3.8) is 0 Å². The lowest BCUT2D eigenvalue weighted by Gasteiger charge is -2.28. The Hall–Kier alpha value is -1.24. The predicted octanol–water partition coefficient (Wildman–Crippen LogP) is 3.62. The number of hydrogen-bond acceptors (Lipinski definition) is 5. The van der Waals surface area contributed by atoms with Gasteiger partial charge in [-0.3, -0.25) is 4.21 Å². The van der Waals surface area contributed by atoms with Crippen LogP contribution in [-0.4, -0.2) is 40.4 Å². The lowest BCUT2D eigenvalue weighted by molar-refractivity contribution is 0.0148. The highest BCUT2D eigenvalue weighted by Crippen LogP contribution is 2.35. The molecule has 6 heteroatoms. The van der Waals surface area contributed by atoms with Crippen LogP contribution < -0.4 is 4.90 Å². The average molecular weight is 363 g/mol. The van der Waals surface area contributed by atoms with Gasteiger partial charge in [-0.1, -0.05) is 12.1 Å². The minimum Gasteiger partial charge on any atom is -0.371 e. The quantitative estimate of drug-likeness (QED) is 0.836. The van der Waals surface area contributed by atoms with E-state index in [4.69, 9.17) is 4.74 Å². The van der Waals surface area contributed by atoms with Gasteiger partial charge >= 0.3 is 0 Å². The molecule has 0 N–H and O–H groups in total. The summed E-state index contributed by atoms with van der Waals surface area (Å²) in [4.78, 5) is 8.10. The Kier molecular flexibility index (Phi) is 4.96. The Morgan fingerprint density at radius 2 is 1.96 bits per heavy atom. The van der Waals surface area contributed by atoms with Gasteiger partial charge in [0.1, 0.15) is 11.1 Å². The number of rotatable bonds is 3. The zero-order chi connectivity index (χ0) is 16.4. The summed E-state index contributed by atoms with van der Waals surface area (Å²) in [6.07, 6.45) is 5.64. The molecule has 2 aliphatic heterocycles. The maximum Gasteiger partial charge on any atom is 0.122 e. The van der Waals surface area contributed by atoms with Crippen LogP contribution in [0.2, 0.25) is 0 Å². The van der Waals surface area contributed by atoms with Crippen molar-refractivity contribution in [2.45, 2.75) is 25.4 Å². The largest absolute Gasteiger partial charge is 0.371 e. The van der Waals surface area contributed by atoms with E-state index in [-0.39, 0.29) is 6.10 Å². The van der Waals surface area contributed by atoms with Crippen LogP contribution in [-0.2, 0) is 15.5 Å². The average Bonchev–Trinajstić information content (AvgIpc) is 3.13. The van der Waals surface area contributed by atoms with Crippen LogP contribution in [0.5, 0.6) is 0 Å². The molecule has 0 bridgehead atoms. The van der Waals surface area contributed by atoms with E-state index in [1.807, 2.05) is 6.20 Å². The van der Waals surface area contributed by atoms with Crippen LogP contribution in [0.15, 0.2) is 30.5 Å². The molecule has 0 aliphatic carbocycles. The third-order valence-electron chi connectivity index (χ3n) is 4.67. The lowest BCUT2D eigenvalue weighted by atomic mass is 10.1. The van der Waals surface area contributed by atoms with Crippen LogP contribution in [0.4, 0.5) is 5.69 Å². The highest BCUT2D eigenvalue weighted by atomic mass is 32.2. The van der Waals surface area contributed by atoms with Gasteiger partial charge in [-0.05, 0) is 37.0 Å². The summed E-state index contributed by atoms with van der Waals surface area (Å²) < 4.78 is 17.3. The first-order valence-electron chi connectivity index (χ1n) is 8.57. The van der Waals surface area contributed by atoms with Crippen molar-refractivity contribution in [1.29, 1.82) is 0 Å². The molecule has 1 unspecified atom stereocenters. The number of nitrogens with zero attached hydrogens (tertiary/aromatic N) is 2. The van der Waals surface area contributed by atoms with Crippen LogP contribution >= 0.6 is 11.3 Å². The number of anilines is 1. The SMILES string of the molecule is O=S1CCN(c2ccc(-c3cnc(C4CCCCO4)s3)cc2)CC1. The molecular formula is C18H22N2O2S2. The summed E-state index contributed by atoms with van der Waals surface area (Å²) in [6, 6.07) is 8.67. The van der Waals surface area contributed by atoms with E-state index in [0.29, 0.717) is 0 Å². The van der Waals surface area contributed by atoms with Gasteiger partial charge in [-0.25, -0.2) is 4.98 Å². The standard InChI is InChI=1S/C18H22N2O2S2/c21-24-11-8-20(9-12-24)15-6-4-14(5-7-15)17-13-19-18(23-17)16-3-1-2-10-22-16/h4-7,13,16H,1-3,8-12H2. The Balaban J connectivity index is 1.46. The van der Waals surface area contributed by atoms with E-state index in [9.17, 15) is 4.21 Å². The number of aromatic nitrogens is 1. The third-order valence-corrected chi connectivity index (χ3v) is 7.09. The fourth-order valence-electron chi connectivity index (χ4n) is 3.24. The number of ether oxygens (including phenoxy) is 1. The third kappa shape index (κ3) is 3.55. The van der Waals surface area contributed by atoms with Gasteiger partial charge in [-0.2, -0.15) is 0 Å². The van der Waals surface area contributed by atoms with E-state index in [1.54, 1.807) is 11.3 Å². The molecular weight excluding hydrogens is 340 g/mol. The molecule has 0 amide bonds. The van der Waals surface area contributed by atoms with Gasteiger partial charge in [0, 0.05) is 53.9 Å². The molecule has 2 saturated heterocycles. The van der Waals surface area contributed by atoms with Crippen molar-refractivity contribution in [1.82, 2.24) is 4.98 Å². The molecule has 0 saturated carbocycles. The molecule has 1 atom stereocenters. The first-order valence-corrected chi connectivity index (χ1v) is 10.9. The van der Waals surface area contributed by atoms with E-state index in [1.165, 1.54) is 29.0 Å². The summed E-state index contributed by atoms with van der Waals surface area (Å²) in [5, 5.41) is 1.10. The molecule has 4 nitrogen and oxygen atoms in total. The Bertz CT molecular complexity index is 698. The van der Waals surface area contributed by atoms with E-state index >= 15 is 0 Å². The van der Waals surface area contributed by atoms with Crippen molar-refractivity contribution < 1.29 is 8.95 Å². The van der Waals surface area contributed by atoms with Crippen molar-refractivity contribution in [3.8, 4) is 10.4 Å². The molecule has 0 spiro atoms. The van der Waals surface area contributed by atoms with Crippen molar-refractivity contribution in [2.24, 2.45) is 0 Å². The maximum atomic E-state index is 11.5. The lowest BCUT2D eigenvalue weighted by Crippen LogP contribution is -2.37. The molecule has 1 aromatic heterocycles. The monoisotopic (exact) mass is 362 g/mol. The number of hydrogen-bond donors (Lipinski definition) is 0. The summed E-state index contributed by atoms with van der Waals surface area (Å²) in [6.45, 7) is 2.63. The second kappa shape index (κ2) is 7.33. The minimum atomic E-state index is -0.629. The Morgan fingerprint density at radius 3 is 2.67 bits per heavy atom. The van der Waals surface area contributed by atoms with Gasteiger partial charge in [0.25, 0.3) is 0 Å². The summed E-state index contributed by atoms with van der Waals surface area (Å²) >= 11 is 1.74. The second-order valence-corrected chi connectivity index (χ2v) is 9.06. The first kappa shape index (κ1) is 16.2. The fraction of sp³-hybridized carbons (Fsp3) is 0.500. The van der Waals surface area contributed by atoms with Gasteiger partial charge in [0.05, 0.1) is 4.88 Å². The zero-order valence-electron chi connectivity index (χ0n) is 13.6. The normalized spacial score (nSPS) is 22.7. The van der Waals surface area contributed by atoms with E-state index < -0.39 is 10.8 Å². The van der Waals surface area contributed by atoms with E-state index in [0.717, 1.165) is 42.6 Å². The molecule has 1 aromatic carbocycles. The van der Waals surface area contributed by atoms with Crippen LogP contribution in [0.3, 0.4) is 0 Å². The molecule has 4 rings (SSSR count). The van der Waals surface area contributed by atoms with Gasteiger partial charge in [0.15, 0.2) is 0 Å². The van der Waals surface area contributed by atoms with Gasteiger partial charge in [-0.15, -0.1) is 11.3 Å². The summed E-state index contributed by atoms with van der Waals surface area (Å²) in [5.74, 6) is 1.56. The predicted molar refractivity (Wildman–Crippen MR) is 100 cm³/mol. The topological polar surface area (TPSA) is 42.4 Å². The smallest absolute Gasteiger partial charge is 0.122 e. The molecule has 3 heterocycles. The zero-order valence-corrected chi connectivity index (χ0v) is 15.3. The maximum absolute atomic E-state index is 11.5. The molecule has 24 heavy (non-hydrogen) atoms. The van der Waals surface area contributed by atoms with Crippen LogP contribution in [0.25, 0.3) is 10.4 Å². The molecule has 2 aliphatic rings. The highest BCUT2D eigenvalue weighted by Gasteiger charge is 2.20. The second-order valence-electron chi connectivity index (χ2n) is 6.30. The van der Waals surface area contributed by atoms with Crippen molar-refractivity contribution >= 4 is 27.8 Å². The minimum absolute atomic E-state index is 0.186. The van der Waals surface area contributed by atoms with Crippen LogP contribution in [0.1, 0.15) is 30.4 Å². The Labute approximate surface area is 149 Å². The van der Waals surface area contributed by atoms with Crippen molar-refractivity contribution in [3.05, 3.63) is 35.5 Å². The summed E-state index contributed by atoms with van der Waals surface area (Å²) in [7, 11) is -0.629.